The van der Waals surface area contributed by atoms with Crippen molar-refractivity contribution in [3.8, 4) is 11.5 Å². The highest BCUT2D eigenvalue weighted by atomic mass is 32.2. The van der Waals surface area contributed by atoms with E-state index in [2.05, 4.69) is 10.6 Å². The maximum absolute atomic E-state index is 14.7. The molecule has 1 saturated carbocycles. The number of hydrogen-bond acceptors (Lipinski definition) is 6. The number of nitrogens with one attached hydrogen (secondary N) is 2. The van der Waals surface area contributed by atoms with Crippen LogP contribution in [0.4, 0.5) is 15.8 Å². The van der Waals surface area contributed by atoms with Crippen molar-refractivity contribution in [2.45, 2.75) is 51.1 Å². The van der Waals surface area contributed by atoms with E-state index in [0.717, 1.165) is 37.0 Å². The van der Waals surface area contributed by atoms with Gasteiger partial charge in [-0.15, -0.1) is 0 Å². The maximum Gasteiger partial charge on any atom is 0.243 e. The third kappa shape index (κ3) is 6.85. The topological polar surface area (TPSA) is 114 Å². The number of carbonyl (C=O) groups is 3. The van der Waals surface area contributed by atoms with Crippen LogP contribution in [-0.2, 0) is 25.2 Å². The number of para-hydroxylation sites is 1. The van der Waals surface area contributed by atoms with E-state index in [0.29, 0.717) is 17.2 Å². The van der Waals surface area contributed by atoms with Gasteiger partial charge >= 0.3 is 0 Å². The van der Waals surface area contributed by atoms with Crippen LogP contribution in [0.3, 0.4) is 0 Å². The molecule has 1 aliphatic heterocycles. The van der Waals surface area contributed by atoms with Crippen LogP contribution in [0, 0.1) is 5.82 Å². The van der Waals surface area contributed by atoms with Gasteiger partial charge in [0.15, 0.2) is 11.5 Å². The van der Waals surface area contributed by atoms with Crippen molar-refractivity contribution in [3.05, 3.63) is 48.3 Å². The summed E-state index contributed by atoms with van der Waals surface area (Å²) in [5, 5.41) is 5.58. The van der Waals surface area contributed by atoms with Crippen molar-refractivity contribution < 1.29 is 32.5 Å². The van der Waals surface area contributed by atoms with E-state index in [1.165, 1.54) is 25.1 Å². The quantitative estimate of drug-likeness (QED) is 0.514. The number of benzene rings is 2. The molecule has 0 saturated heterocycles. The molecule has 198 valence electrons. The van der Waals surface area contributed by atoms with Crippen LogP contribution in [-0.4, -0.2) is 52.3 Å². The number of nitrogens with zero attached hydrogens (tertiary/aromatic N) is 1. The zero-order valence-electron chi connectivity index (χ0n) is 20.5. The Kier molecular flexibility index (Phi) is 8.75. The average Bonchev–Trinajstić information content (AvgIpc) is 3.33. The summed E-state index contributed by atoms with van der Waals surface area (Å²) in [6.45, 7) is 1.60. The second-order valence-corrected chi connectivity index (χ2v) is 10.5. The Morgan fingerprint density at radius 2 is 1.78 bits per heavy atom. The van der Waals surface area contributed by atoms with Gasteiger partial charge < -0.3 is 20.1 Å². The molecule has 2 aromatic rings. The van der Waals surface area contributed by atoms with Crippen molar-refractivity contribution in [2.24, 2.45) is 0 Å². The van der Waals surface area contributed by atoms with Crippen LogP contribution in [0.25, 0.3) is 0 Å². The van der Waals surface area contributed by atoms with Crippen LogP contribution in [0.5, 0.6) is 11.5 Å². The lowest BCUT2D eigenvalue weighted by molar-refractivity contribution is -0.126. The minimum absolute atomic E-state index is 0.00952. The van der Waals surface area contributed by atoms with Gasteiger partial charge in [0.2, 0.25) is 24.5 Å². The summed E-state index contributed by atoms with van der Waals surface area (Å²) in [6.07, 6.45) is 4.87. The number of halogens is 1. The lowest BCUT2D eigenvalue weighted by Gasteiger charge is -2.31. The third-order valence-corrected chi connectivity index (χ3v) is 7.48. The Hall–Kier alpha value is -3.47. The molecule has 0 spiro atoms. The second-order valence-electron chi connectivity index (χ2n) is 9.08. The number of ether oxygens (including phenoxy) is 2. The Morgan fingerprint density at radius 1 is 1.05 bits per heavy atom. The van der Waals surface area contributed by atoms with Gasteiger partial charge in [-0.2, -0.15) is 0 Å². The summed E-state index contributed by atoms with van der Waals surface area (Å²) in [5.74, 6) is -2.33. The Bertz CT molecular complexity index is 1190. The summed E-state index contributed by atoms with van der Waals surface area (Å²) in [5.41, 5.74) is 0.346. The normalized spacial score (nSPS) is 16.5. The fourth-order valence-electron chi connectivity index (χ4n) is 4.47. The minimum Gasteiger partial charge on any atom is -0.454 e. The Balaban J connectivity index is 1.40. The average molecular weight is 532 g/mol. The fourth-order valence-corrected chi connectivity index (χ4v) is 5.35. The smallest absolute Gasteiger partial charge is 0.243 e. The van der Waals surface area contributed by atoms with Gasteiger partial charge in [-0.3, -0.25) is 23.5 Å². The monoisotopic (exact) mass is 531 g/mol. The molecule has 1 heterocycles. The van der Waals surface area contributed by atoms with E-state index in [1.807, 2.05) is 0 Å². The van der Waals surface area contributed by atoms with Crippen LogP contribution < -0.4 is 25.0 Å². The standard InChI is InChI=1S/C26H30FN3O6S/c1-17(26(33)29-18-7-3-2-4-8-18)30(21-10-6-5-9-20(21)27)25(32)15-37(34)14-24(31)28-19-11-12-22-23(13-19)36-16-35-22/h5-6,9-13,17-18H,2-4,7-8,14-16H2,1H3,(H,28,31)(H,29,33)/t17-,37-/m1/s1. The molecule has 4 rings (SSSR count). The summed E-state index contributed by atoms with van der Waals surface area (Å²) < 4.78 is 37.9. The van der Waals surface area contributed by atoms with Gasteiger partial charge in [-0.1, -0.05) is 31.4 Å². The van der Waals surface area contributed by atoms with Crippen molar-refractivity contribution in [3.63, 3.8) is 0 Å². The van der Waals surface area contributed by atoms with E-state index in [1.54, 1.807) is 24.3 Å². The zero-order valence-corrected chi connectivity index (χ0v) is 21.4. The lowest BCUT2D eigenvalue weighted by atomic mass is 9.95. The van der Waals surface area contributed by atoms with Gasteiger partial charge in [0.05, 0.1) is 5.69 Å². The number of carbonyl (C=O) groups excluding carboxylic acids is 3. The number of hydrogen-bond donors (Lipinski definition) is 2. The first-order chi connectivity index (χ1) is 17.8. The first-order valence-corrected chi connectivity index (χ1v) is 13.7. The highest BCUT2D eigenvalue weighted by molar-refractivity contribution is 7.86. The maximum atomic E-state index is 14.7. The summed E-state index contributed by atoms with van der Waals surface area (Å²) in [4.78, 5) is 39.7. The van der Waals surface area contributed by atoms with Crippen molar-refractivity contribution in [1.29, 1.82) is 0 Å². The number of rotatable bonds is 9. The second kappa shape index (κ2) is 12.2. The first-order valence-electron chi connectivity index (χ1n) is 12.2. The molecule has 3 amide bonds. The van der Waals surface area contributed by atoms with Gasteiger partial charge in [0.1, 0.15) is 23.4 Å². The molecule has 9 nitrogen and oxygen atoms in total. The van der Waals surface area contributed by atoms with Gasteiger partial charge in [-0.05, 0) is 44.0 Å². The van der Waals surface area contributed by atoms with E-state index in [9.17, 15) is 23.0 Å². The lowest BCUT2D eigenvalue weighted by Crippen LogP contribution is -2.52. The molecular formula is C26H30FN3O6S. The molecule has 2 aliphatic rings. The molecule has 11 heteroatoms. The largest absolute Gasteiger partial charge is 0.454 e. The van der Waals surface area contributed by atoms with Crippen LogP contribution in [0.15, 0.2) is 42.5 Å². The molecule has 1 aliphatic carbocycles. The number of amides is 3. The Morgan fingerprint density at radius 3 is 2.54 bits per heavy atom. The van der Waals surface area contributed by atoms with E-state index in [-0.39, 0.29) is 18.5 Å². The van der Waals surface area contributed by atoms with E-state index < -0.39 is 51.9 Å². The predicted octanol–water partition coefficient (Wildman–Crippen LogP) is 3.11. The molecular weight excluding hydrogens is 501 g/mol. The molecule has 2 atom stereocenters. The molecule has 2 N–H and O–H groups in total. The Labute approximate surface area is 217 Å². The zero-order chi connectivity index (χ0) is 26.4. The van der Waals surface area contributed by atoms with Crippen molar-refractivity contribution in [1.82, 2.24) is 5.32 Å². The SMILES string of the molecule is C[C@H](C(=O)NC1CCCCC1)N(C(=O)C[S@](=O)CC(=O)Nc1ccc2c(c1)OCO2)c1ccccc1F. The molecule has 2 aromatic carbocycles. The first kappa shape index (κ1) is 26.6. The molecule has 0 unspecified atom stereocenters. The molecule has 37 heavy (non-hydrogen) atoms. The summed E-state index contributed by atoms with van der Waals surface area (Å²) >= 11 is 0. The number of anilines is 2. The highest BCUT2D eigenvalue weighted by Crippen LogP contribution is 2.34. The number of fused-ring (bicyclic) bond motifs is 1. The summed E-state index contributed by atoms with van der Waals surface area (Å²) in [6, 6.07) is 9.44. The van der Waals surface area contributed by atoms with E-state index in [4.69, 9.17) is 9.47 Å². The van der Waals surface area contributed by atoms with Gasteiger partial charge in [0.25, 0.3) is 0 Å². The predicted molar refractivity (Wildman–Crippen MR) is 137 cm³/mol. The third-order valence-electron chi connectivity index (χ3n) is 6.33. The summed E-state index contributed by atoms with van der Waals surface area (Å²) in [7, 11) is -1.90. The van der Waals surface area contributed by atoms with E-state index >= 15 is 0 Å². The molecule has 1 fully saturated rings. The van der Waals surface area contributed by atoms with Gasteiger partial charge in [-0.25, -0.2) is 4.39 Å². The van der Waals surface area contributed by atoms with Crippen LogP contribution >= 0.6 is 0 Å². The van der Waals surface area contributed by atoms with Gasteiger partial charge in [0, 0.05) is 28.6 Å². The van der Waals surface area contributed by atoms with Crippen molar-refractivity contribution >= 4 is 39.9 Å². The fraction of sp³-hybridized carbons (Fsp3) is 0.423. The molecule has 0 bridgehead atoms. The molecule has 0 radical (unpaired) electrons. The molecule has 0 aromatic heterocycles. The van der Waals surface area contributed by atoms with Crippen LogP contribution in [0.1, 0.15) is 39.0 Å². The highest BCUT2D eigenvalue weighted by Gasteiger charge is 2.31. The van der Waals surface area contributed by atoms with Crippen LogP contribution in [0.2, 0.25) is 0 Å². The minimum atomic E-state index is -1.90. The van der Waals surface area contributed by atoms with Crippen molar-refractivity contribution in [2.75, 3.05) is 28.5 Å².